The van der Waals surface area contributed by atoms with Crippen LogP contribution in [0.15, 0.2) is 24.3 Å². The van der Waals surface area contributed by atoms with E-state index in [9.17, 15) is 24.5 Å². The van der Waals surface area contributed by atoms with Gasteiger partial charge in [-0.1, -0.05) is 33.1 Å². The number of Topliss-reactive ketones (excluding diaryl/α,β-unsaturated/α-hetero) is 1. The van der Waals surface area contributed by atoms with Crippen molar-refractivity contribution in [2.24, 2.45) is 5.92 Å². The van der Waals surface area contributed by atoms with Crippen molar-refractivity contribution in [1.82, 2.24) is 0 Å². The third-order valence-corrected chi connectivity index (χ3v) is 7.66. The molecule has 10 heteroatoms. The van der Waals surface area contributed by atoms with E-state index in [2.05, 4.69) is 18.7 Å². The molecule has 208 valence electrons. The summed E-state index contributed by atoms with van der Waals surface area (Å²) in [5, 5.41) is 18.4. The zero-order valence-corrected chi connectivity index (χ0v) is 22.5. The number of esters is 1. The summed E-state index contributed by atoms with van der Waals surface area (Å²) in [6.45, 7) is 8.29. The zero-order valence-electron chi connectivity index (χ0n) is 22.5. The molecular weight excluding hydrogens is 494 g/mol. The average Bonchev–Trinajstić information content (AvgIpc) is 2.81. The summed E-state index contributed by atoms with van der Waals surface area (Å²) in [6.07, 6.45) is 7.08. The number of nitrogens with zero attached hydrogens (tertiary/aromatic N) is 1. The number of hydrogen-bond acceptors (Lipinski definition) is 8. The Kier molecular flexibility index (Phi) is 9.17. The van der Waals surface area contributed by atoms with Gasteiger partial charge in [-0.15, -0.1) is 10.1 Å². The predicted octanol–water partition coefficient (Wildman–Crippen LogP) is 5.29. The molecule has 1 aliphatic heterocycles. The van der Waals surface area contributed by atoms with Gasteiger partial charge in [0.15, 0.2) is 0 Å². The number of rotatable bonds is 12. The minimum absolute atomic E-state index is 0.0675. The van der Waals surface area contributed by atoms with E-state index in [4.69, 9.17) is 14.6 Å². The van der Waals surface area contributed by atoms with E-state index in [0.29, 0.717) is 42.7 Å². The van der Waals surface area contributed by atoms with Crippen LogP contribution in [-0.2, 0) is 24.6 Å². The highest BCUT2D eigenvalue weighted by Crippen LogP contribution is 2.55. The quantitative estimate of drug-likeness (QED) is 0.0950. The van der Waals surface area contributed by atoms with E-state index in [1.807, 2.05) is 26.0 Å². The molecule has 10 nitrogen and oxygen atoms in total. The van der Waals surface area contributed by atoms with Crippen molar-refractivity contribution >= 4 is 17.7 Å². The Bertz CT molecular complexity index is 1110. The van der Waals surface area contributed by atoms with Gasteiger partial charge >= 0.3 is 11.9 Å². The summed E-state index contributed by atoms with van der Waals surface area (Å²) in [7, 11) is 0. The van der Waals surface area contributed by atoms with Crippen molar-refractivity contribution in [3.05, 3.63) is 45.5 Å². The molecule has 1 N–H and O–H groups in total. The van der Waals surface area contributed by atoms with Crippen LogP contribution in [-0.4, -0.2) is 40.1 Å². The van der Waals surface area contributed by atoms with E-state index >= 15 is 0 Å². The minimum Gasteiger partial charge on any atom is -0.487 e. The highest BCUT2D eigenvalue weighted by molar-refractivity contribution is 5.92. The Morgan fingerprint density at radius 3 is 2.61 bits per heavy atom. The Morgan fingerprint density at radius 1 is 1.21 bits per heavy atom. The fourth-order valence-electron chi connectivity index (χ4n) is 5.62. The van der Waals surface area contributed by atoms with Gasteiger partial charge < -0.3 is 19.4 Å². The van der Waals surface area contributed by atoms with Gasteiger partial charge in [-0.2, -0.15) is 0 Å². The van der Waals surface area contributed by atoms with Gasteiger partial charge in [-0.05, 0) is 56.2 Å². The van der Waals surface area contributed by atoms with Crippen LogP contribution in [0.5, 0.6) is 11.5 Å². The molecule has 0 aromatic heterocycles. The lowest BCUT2D eigenvalue weighted by molar-refractivity contribution is -0.757. The van der Waals surface area contributed by atoms with Crippen LogP contribution in [0, 0.1) is 16.0 Å². The monoisotopic (exact) mass is 531 g/mol. The number of carboxylic acids is 1. The molecule has 0 unspecified atom stereocenters. The zero-order chi connectivity index (χ0) is 28.1. The van der Waals surface area contributed by atoms with Crippen LogP contribution in [0.1, 0.15) is 96.1 Å². The summed E-state index contributed by atoms with van der Waals surface area (Å²) in [5.74, 6) is -1.14. The summed E-state index contributed by atoms with van der Waals surface area (Å²) >= 11 is 0. The first kappa shape index (κ1) is 29.1. The van der Waals surface area contributed by atoms with Crippen LogP contribution in [0.25, 0.3) is 0 Å². The van der Waals surface area contributed by atoms with Crippen LogP contribution in [0.2, 0.25) is 0 Å². The van der Waals surface area contributed by atoms with Crippen LogP contribution >= 0.6 is 0 Å². The number of carboxylic acid groups (broad SMARTS) is 1. The Balaban J connectivity index is 1.89. The number of hydrogen-bond donors (Lipinski definition) is 1. The third-order valence-electron chi connectivity index (χ3n) is 7.66. The number of aliphatic carboxylic acids is 1. The number of fused-ring (bicyclic) bond motifs is 3. The Morgan fingerprint density at radius 2 is 1.92 bits per heavy atom. The van der Waals surface area contributed by atoms with E-state index in [1.54, 1.807) is 0 Å². The third kappa shape index (κ3) is 7.33. The fourth-order valence-corrected chi connectivity index (χ4v) is 5.62. The molecule has 0 amide bonds. The van der Waals surface area contributed by atoms with Crippen molar-refractivity contribution in [1.29, 1.82) is 0 Å². The van der Waals surface area contributed by atoms with Gasteiger partial charge in [0.25, 0.3) is 5.09 Å². The molecule has 1 heterocycles. The highest BCUT2D eigenvalue weighted by atomic mass is 16.9. The fraction of sp³-hybridized carbons (Fsp3) is 0.607. The maximum atomic E-state index is 12.5. The summed E-state index contributed by atoms with van der Waals surface area (Å²) < 4.78 is 12.2. The van der Waals surface area contributed by atoms with Gasteiger partial charge in [-0.3, -0.25) is 4.79 Å². The normalized spacial score (nSPS) is 20.3. The van der Waals surface area contributed by atoms with E-state index in [0.717, 1.165) is 43.4 Å². The Labute approximate surface area is 222 Å². The molecule has 1 aliphatic carbocycles. The maximum Gasteiger partial charge on any atom is 0.336 e. The first-order valence-corrected chi connectivity index (χ1v) is 13.1. The molecule has 1 fully saturated rings. The summed E-state index contributed by atoms with van der Waals surface area (Å²) in [4.78, 5) is 50.5. The number of ketones is 1. The molecule has 38 heavy (non-hydrogen) atoms. The predicted molar refractivity (Wildman–Crippen MR) is 138 cm³/mol. The standard InChI is InChI=1S/C28H37NO9/c1-27(2,13-7-5-6-8-14-36-29(34)35)18-15-22(37-25(33)12-11-24(31)32)26-20-17-19(30)9-10-21(20)28(3,4)38-23(26)16-18/h11-12,15-16,20-21H,5-10,13-14,17H2,1-4H3,(H,31,32)/b12-11+/t20-,21-/m1/s1. The second kappa shape index (κ2) is 12.0. The van der Waals surface area contributed by atoms with Gasteiger partial charge in [0.1, 0.15) is 22.9 Å². The lowest BCUT2D eigenvalue weighted by Crippen LogP contribution is -2.47. The number of unbranched alkanes of at least 4 members (excludes halogenated alkanes) is 3. The van der Waals surface area contributed by atoms with Crippen molar-refractivity contribution in [2.75, 3.05) is 6.61 Å². The van der Waals surface area contributed by atoms with E-state index in [1.165, 1.54) is 0 Å². The molecule has 1 saturated carbocycles. The molecule has 0 bridgehead atoms. The van der Waals surface area contributed by atoms with Crippen molar-refractivity contribution < 1.29 is 38.9 Å². The van der Waals surface area contributed by atoms with Gasteiger partial charge in [-0.25, -0.2) is 9.59 Å². The molecular formula is C28H37NO9. The second-order valence-corrected chi connectivity index (χ2v) is 11.3. The van der Waals surface area contributed by atoms with E-state index < -0.39 is 22.6 Å². The maximum absolute atomic E-state index is 12.5. The van der Waals surface area contributed by atoms with Crippen molar-refractivity contribution in [2.45, 2.75) is 96.0 Å². The van der Waals surface area contributed by atoms with Crippen LogP contribution in [0.4, 0.5) is 0 Å². The van der Waals surface area contributed by atoms with E-state index in [-0.39, 0.29) is 29.6 Å². The van der Waals surface area contributed by atoms with Crippen molar-refractivity contribution in [3.8, 4) is 11.5 Å². The lowest BCUT2D eigenvalue weighted by atomic mass is 9.66. The molecule has 1 aromatic carbocycles. The smallest absolute Gasteiger partial charge is 0.336 e. The first-order chi connectivity index (χ1) is 17.8. The van der Waals surface area contributed by atoms with Gasteiger partial charge in [0.2, 0.25) is 0 Å². The molecule has 0 radical (unpaired) electrons. The topological polar surface area (TPSA) is 142 Å². The first-order valence-electron chi connectivity index (χ1n) is 13.1. The summed E-state index contributed by atoms with van der Waals surface area (Å²) in [6, 6.07) is 3.79. The minimum atomic E-state index is -1.26. The Hall–Kier alpha value is -3.43. The molecule has 2 atom stereocenters. The number of ether oxygens (including phenoxy) is 2. The number of benzene rings is 1. The molecule has 2 aliphatic rings. The van der Waals surface area contributed by atoms with Gasteiger partial charge in [0, 0.05) is 42.4 Å². The van der Waals surface area contributed by atoms with Crippen molar-refractivity contribution in [3.63, 3.8) is 0 Å². The lowest BCUT2D eigenvalue weighted by Gasteiger charge is -2.47. The molecule has 0 saturated heterocycles. The number of carbonyl (C=O) groups excluding carboxylic acids is 2. The van der Waals surface area contributed by atoms with Crippen LogP contribution < -0.4 is 9.47 Å². The number of carbonyl (C=O) groups is 3. The van der Waals surface area contributed by atoms with Crippen LogP contribution in [0.3, 0.4) is 0 Å². The van der Waals surface area contributed by atoms with Gasteiger partial charge in [0.05, 0.1) is 6.61 Å². The second-order valence-electron chi connectivity index (χ2n) is 11.3. The highest BCUT2D eigenvalue weighted by Gasteiger charge is 2.48. The molecule has 0 spiro atoms. The molecule has 1 aromatic rings. The average molecular weight is 532 g/mol. The molecule has 3 rings (SSSR count). The SMILES string of the molecule is CC(C)(CCCCCCO[N+](=O)[O-])c1cc(OC(=O)/C=C/C(=O)O)c2c(c1)OC(C)(C)[C@@H]1CCC(=O)C[C@@H]21. The summed E-state index contributed by atoms with van der Waals surface area (Å²) in [5.41, 5.74) is 0.744. The largest absolute Gasteiger partial charge is 0.487 e.